The number of Topliss-reactive ketones (excluding diaryl/α,β-unsaturated/α-hetero) is 1. The molecule has 8 heteroatoms. The summed E-state index contributed by atoms with van der Waals surface area (Å²) in [5.41, 5.74) is 1.46. The van der Waals surface area contributed by atoms with Gasteiger partial charge in [0.15, 0.2) is 0 Å². The molecule has 1 aromatic carbocycles. The number of aliphatic hydroxyl groups excluding tert-OH is 1. The van der Waals surface area contributed by atoms with E-state index in [0.29, 0.717) is 37.6 Å². The molecule has 2 aromatic rings. The lowest BCUT2D eigenvalue weighted by Gasteiger charge is -2.30. The Kier molecular flexibility index (Phi) is 6.41. The van der Waals surface area contributed by atoms with Gasteiger partial charge in [0.25, 0.3) is 11.7 Å². The third kappa shape index (κ3) is 4.23. The van der Waals surface area contributed by atoms with E-state index in [-0.39, 0.29) is 11.3 Å². The van der Waals surface area contributed by atoms with Crippen LogP contribution < -0.4 is 4.74 Å². The molecule has 4 rings (SSSR count). The lowest BCUT2D eigenvalue weighted by atomic mass is 9.99. The lowest BCUT2D eigenvalue weighted by Crippen LogP contribution is -2.42. The maximum Gasteiger partial charge on any atom is 0.295 e. The highest BCUT2D eigenvalue weighted by atomic mass is 32.1. The van der Waals surface area contributed by atoms with Crippen molar-refractivity contribution in [1.29, 1.82) is 0 Å². The van der Waals surface area contributed by atoms with Crippen molar-refractivity contribution in [1.82, 2.24) is 9.80 Å². The summed E-state index contributed by atoms with van der Waals surface area (Å²) in [5, 5.41) is 13.0. The van der Waals surface area contributed by atoms with Crippen molar-refractivity contribution in [3.8, 4) is 5.75 Å². The van der Waals surface area contributed by atoms with Gasteiger partial charge in [0.2, 0.25) is 0 Å². The lowest BCUT2D eigenvalue weighted by molar-refractivity contribution is -0.140. The topological polar surface area (TPSA) is 79.3 Å². The molecule has 2 aliphatic heterocycles. The van der Waals surface area contributed by atoms with Gasteiger partial charge in [-0.2, -0.15) is 0 Å². The van der Waals surface area contributed by atoms with Crippen LogP contribution in [0.1, 0.15) is 22.0 Å². The normalized spacial score (nSPS) is 21.6. The van der Waals surface area contributed by atoms with E-state index in [9.17, 15) is 14.7 Å². The second kappa shape index (κ2) is 9.21. The Bertz CT molecular complexity index is 995. The number of ether oxygens (including phenoxy) is 2. The number of carbonyl (C=O) groups is 2. The Morgan fingerprint density at radius 1 is 1.23 bits per heavy atom. The van der Waals surface area contributed by atoms with Crippen LogP contribution in [-0.4, -0.2) is 73.1 Å². The number of methoxy groups -OCH3 is 1. The number of rotatable bonds is 6. The van der Waals surface area contributed by atoms with Gasteiger partial charge in [-0.25, -0.2) is 0 Å². The maximum atomic E-state index is 13.0. The van der Waals surface area contributed by atoms with E-state index >= 15 is 0 Å². The number of aryl methyl sites for hydroxylation is 1. The number of thiophene rings is 1. The molecule has 7 nitrogen and oxygen atoms in total. The van der Waals surface area contributed by atoms with Crippen LogP contribution in [0.5, 0.6) is 5.75 Å². The van der Waals surface area contributed by atoms with Crippen molar-refractivity contribution < 1.29 is 24.2 Å². The summed E-state index contributed by atoms with van der Waals surface area (Å²) in [6, 6.07) is 8.41. The van der Waals surface area contributed by atoms with Gasteiger partial charge in [0.05, 0.1) is 31.9 Å². The van der Waals surface area contributed by atoms with Gasteiger partial charge < -0.3 is 19.5 Å². The first-order valence-corrected chi connectivity index (χ1v) is 11.2. The molecule has 2 saturated heterocycles. The minimum absolute atomic E-state index is 0.138. The first kappa shape index (κ1) is 21.5. The quantitative estimate of drug-likeness (QED) is 0.421. The predicted molar refractivity (Wildman–Crippen MR) is 118 cm³/mol. The number of morpholine rings is 1. The molecule has 2 fully saturated rings. The first-order chi connectivity index (χ1) is 15.0. The summed E-state index contributed by atoms with van der Waals surface area (Å²) in [5.74, 6) is -0.682. The number of benzene rings is 1. The fraction of sp³-hybridized carbons (Fsp3) is 0.391. The molecule has 1 aromatic heterocycles. The van der Waals surface area contributed by atoms with Gasteiger partial charge in [0, 0.05) is 36.6 Å². The van der Waals surface area contributed by atoms with Crippen molar-refractivity contribution in [2.75, 3.05) is 46.5 Å². The number of carbonyl (C=O) groups excluding carboxylic acids is 2. The predicted octanol–water partition coefficient (Wildman–Crippen LogP) is 2.82. The van der Waals surface area contributed by atoms with Crippen LogP contribution in [0.2, 0.25) is 0 Å². The van der Waals surface area contributed by atoms with Gasteiger partial charge in [-0.3, -0.25) is 14.5 Å². The van der Waals surface area contributed by atoms with Crippen molar-refractivity contribution in [2.45, 2.75) is 13.0 Å². The molecule has 1 atom stereocenters. The minimum Gasteiger partial charge on any atom is -0.507 e. The minimum atomic E-state index is -0.647. The summed E-state index contributed by atoms with van der Waals surface area (Å²) in [6.07, 6.45) is 0. The second-order valence-electron chi connectivity index (χ2n) is 7.65. The average molecular weight is 443 g/mol. The summed E-state index contributed by atoms with van der Waals surface area (Å²) in [4.78, 5) is 30.7. The summed E-state index contributed by atoms with van der Waals surface area (Å²) < 4.78 is 10.7. The van der Waals surface area contributed by atoms with E-state index in [1.165, 1.54) is 11.3 Å². The van der Waals surface area contributed by atoms with Crippen molar-refractivity contribution in [2.24, 2.45) is 0 Å². The molecular formula is C23H26N2O5S. The molecule has 0 radical (unpaired) electrons. The van der Waals surface area contributed by atoms with Crippen molar-refractivity contribution in [3.63, 3.8) is 0 Å². The second-order valence-corrected chi connectivity index (χ2v) is 8.63. The van der Waals surface area contributed by atoms with Crippen LogP contribution >= 0.6 is 11.3 Å². The van der Waals surface area contributed by atoms with Crippen LogP contribution in [0, 0.1) is 6.92 Å². The SMILES string of the molecule is COc1ccc(C(O)=C2C(=O)C(=O)N(CCN3CCOCC3)[C@@H]2c2cccs2)cc1C. The van der Waals surface area contributed by atoms with Crippen molar-refractivity contribution >= 4 is 28.8 Å². The van der Waals surface area contributed by atoms with E-state index in [0.717, 1.165) is 23.5 Å². The number of aliphatic hydroxyl groups is 1. The summed E-state index contributed by atoms with van der Waals surface area (Å²) in [6.45, 7) is 5.88. The number of ketones is 1. The maximum absolute atomic E-state index is 13.0. The van der Waals surface area contributed by atoms with E-state index < -0.39 is 17.7 Å². The van der Waals surface area contributed by atoms with Gasteiger partial charge >= 0.3 is 0 Å². The average Bonchev–Trinajstić information content (AvgIpc) is 3.40. The zero-order chi connectivity index (χ0) is 22.0. The molecule has 31 heavy (non-hydrogen) atoms. The molecule has 164 valence electrons. The Hall–Kier alpha value is -2.68. The van der Waals surface area contributed by atoms with Gasteiger partial charge in [-0.1, -0.05) is 6.07 Å². The molecule has 1 N–H and O–H groups in total. The van der Waals surface area contributed by atoms with Crippen LogP contribution in [-0.2, 0) is 14.3 Å². The smallest absolute Gasteiger partial charge is 0.295 e. The molecule has 0 spiro atoms. The highest BCUT2D eigenvalue weighted by Crippen LogP contribution is 2.41. The van der Waals surface area contributed by atoms with Crippen LogP contribution in [0.25, 0.3) is 5.76 Å². The Morgan fingerprint density at radius 2 is 2.00 bits per heavy atom. The molecular weight excluding hydrogens is 416 g/mol. The zero-order valence-electron chi connectivity index (χ0n) is 17.7. The molecule has 0 saturated carbocycles. The molecule has 0 aliphatic carbocycles. The van der Waals surface area contributed by atoms with Gasteiger partial charge in [-0.15, -0.1) is 11.3 Å². The number of nitrogens with zero attached hydrogens (tertiary/aromatic N) is 2. The number of hydrogen-bond acceptors (Lipinski definition) is 7. The summed E-state index contributed by atoms with van der Waals surface area (Å²) in [7, 11) is 1.58. The fourth-order valence-electron chi connectivity index (χ4n) is 4.11. The highest BCUT2D eigenvalue weighted by molar-refractivity contribution is 7.10. The van der Waals surface area contributed by atoms with Crippen LogP contribution in [0.15, 0.2) is 41.3 Å². The highest BCUT2D eigenvalue weighted by Gasteiger charge is 2.46. The molecule has 0 unspecified atom stereocenters. The standard InChI is InChI=1S/C23H26N2O5S/c1-15-14-16(5-6-17(15)29-2)21(26)19-20(18-4-3-13-31-18)25(23(28)22(19)27)8-7-24-9-11-30-12-10-24/h3-6,13-14,20,26H,7-12H2,1-2H3/t20-/m1/s1. The third-order valence-corrected chi connectivity index (χ3v) is 6.71. The van der Waals surface area contributed by atoms with E-state index in [2.05, 4.69) is 4.90 Å². The van der Waals surface area contributed by atoms with Crippen LogP contribution in [0.4, 0.5) is 0 Å². The molecule has 1 amide bonds. The van der Waals surface area contributed by atoms with Crippen LogP contribution in [0.3, 0.4) is 0 Å². The Balaban J connectivity index is 1.70. The van der Waals surface area contributed by atoms with Gasteiger partial charge in [0.1, 0.15) is 11.5 Å². The Morgan fingerprint density at radius 3 is 2.65 bits per heavy atom. The van der Waals surface area contributed by atoms with E-state index in [4.69, 9.17) is 9.47 Å². The fourth-order valence-corrected chi connectivity index (χ4v) is 4.95. The zero-order valence-corrected chi connectivity index (χ0v) is 18.5. The molecule has 2 aliphatic rings. The number of hydrogen-bond donors (Lipinski definition) is 1. The number of likely N-dealkylation sites (tertiary alicyclic amines) is 1. The van der Waals surface area contributed by atoms with Crippen molar-refractivity contribution in [3.05, 3.63) is 57.3 Å². The monoisotopic (exact) mass is 442 g/mol. The largest absolute Gasteiger partial charge is 0.507 e. The summed E-state index contributed by atoms with van der Waals surface area (Å²) >= 11 is 1.47. The van der Waals surface area contributed by atoms with E-state index in [1.807, 2.05) is 24.4 Å². The Labute approximate surface area is 185 Å². The molecule has 0 bridgehead atoms. The third-order valence-electron chi connectivity index (χ3n) is 5.78. The number of amides is 1. The van der Waals surface area contributed by atoms with Gasteiger partial charge in [-0.05, 0) is 42.1 Å². The first-order valence-electron chi connectivity index (χ1n) is 10.3. The van der Waals surface area contributed by atoms with E-state index in [1.54, 1.807) is 30.2 Å². The molecule has 3 heterocycles.